The van der Waals surface area contributed by atoms with Crippen molar-refractivity contribution in [1.82, 2.24) is 4.90 Å². The second-order valence-electron chi connectivity index (χ2n) is 6.23. The van der Waals surface area contributed by atoms with Gasteiger partial charge in [-0.3, -0.25) is 9.69 Å². The lowest BCUT2D eigenvalue weighted by atomic mass is 9.99. The Morgan fingerprint density at radius 2 is 1.81 bits per heavy atom. The number of hydrogen-bond acceptors (Lipinski definition) is 2. The molecule has 2 aromatic carbocycles. The van der Waals surface area contributed by atoms with E-state index in [2.05, 4.69) is 11.4 Å². The van der Waals surface area contributed by atoms with Crippen LogP contribution >= 0.6 is 0 Å². The number of nitrogens with one attached hydrogen (secondary N) is 1. The molecule has 136 valence electrons. The molecule has 0 saturated carbocycles. The number of carbonyl (C=O) groups is 1. The van der Waals surface area contributed by atoms with Crippen LogP contribution in [0, 0.1) is 17.5 Å². The molecule has 6 heteroatoms. The van der Waals surface area contributed by atoms with E-state index in [1.54, 1.807) is 6.92 Å². The van der Waals surface area contributed by atoms with E-state index in [-0.39, 0.29) is 5.69 Å². The van der Waals surface area contributed by atoms with E-state index in [1.807, 2.05) is 35.2 Å². The highest BCUT2D eigenvalue weighted by Gasteiger charge is 2.25. The molecule has 1 N–H and O–H groups in total. The Labute approximate surface area is 150 Å². The maximum Gasteiger partial charge on any atom is 0.241 e. The van der Waals surface area contributed by atoms with E-state index in [0.717, 1.165) is 24.1 Å². The molecule has 1 aliphatic rings. The van der Waals surface area contributed by atoms with Crippen LogP contribution in [-0.2, 0) is 4.79 Å². The first-order valence-corrected chi connectivity index (χ1v) is 8.40. The van der Waals surface area contributed by atoms with Crippen molar-refractivity contribution in [2.45, 2.75) is 19.4 Å². The van der Waals surface area contributed by atoms with Crippen molar-refractivity contribution < 1.29 is 18.0 Å². The van der Waals surface area contributed by atoms with Crippen LogP contribution in [0.3, 0.4) is 0 Å². The average Bonchev–Trinajstić information content (AvgIpc) is 2.68. The molecule has 0 aliphatic carbocycles. The first kappa shape index (κ1) is 18.2. The van der Waals surface area contributed by atoms with E-state index in [4.69, 9.17) is 0 Å². The predicted octanol–water partition coefficient (Wildman–Crippen LogP) is 4.22. The normalized spacial score (nSPS) is 16.1. The zero-order chi connectivity index (χ0) is 18.7. The Bertz CT molecular complexity index is 836. The van der Waals surface area contributed by atoms with Gasteiger partial charge in [-0.05, 0) is 36.6 Å². The summed E-state index contributed by atoms with van der Waals surface area (Å²) in [5.74, 6) is -4.74. The van der Waals surface area contributed by atoms with Gasteiger partial charge >= 0.3 is 0 Å². The van der Waals surface area contributed by atoms with Gasteiger partial charge in [0, 0.05) is 13.1 Å². The minimum absolute atomic E-state index is 0.363. The molecule has 0 bridgehead atoms. The van der Waals surface area contributed by atoms with Crippen molar-refractivity contribution in [3.63, 3.8) is 0 Å². The third-order valence-corrected chi connectivity index (χ3v) is 4.61. The van der Waals surface area contributed by atoms with Crippen LogP contribution in [-0.4, -0.2) is 29.9 Å². The van der Waals surface area contributed by atoms with Crippen LogP contribution < -0.4 is 5.32 Å². The SMILES string of the molecule is C[C@@H](C(=O)Nc1ccc(F)c(F)c1F)N1CC=C(c2ccccc2)CC1. The molecular weight excluding hydrogens is 341 g/mol. The van der Waals surface area contributed by atoms with Gasteiger partial charge < -0.3 is 5.32 Å². The Morgan fingerprint density at radius 3 is 2.46 bits per heavy atom. The van der Waals surface area contributed by atoms with Gasteiger partial charge in [-0.25, -0.2) is 13.2 Å². The fourth-order valence-corrected chi connectivity index (χ4v) is 2.98. The molecule has 1 atom stereocenters. The van der Waals surface area contributed by atoms with Crippen molar-refractivity contribution in [2.75, 3.05) is 18.4 Å². The Kier molecular flexibility index (Phi) is 5.42. The first-order chi connectivity index (χ1) is 12.5. The number of benzene rings is 2. The van der Waals surface area contributed by atoms with Gasteiger partial charge in [0.2, 0.25) is 5.91 Å². The number of rotatable bonds is 4. The maximum absolute atomic E-state index is 13.7. The van der Waals surface area contributed by atoms with Gasteiger partial charge in [0.05, 0.1) is 11.7 Å². The van der Waals surface area contributed by atoms with E-state index < -0.39 is 29.4 Å². The summed E-state index contributed by atoms with van der Waals surface area (Å²) in [4.78, 5) is 14.3. The zero-order valence-electron chi connectivity index (χ0n) is 14.3. The highest BCUT2D eigenvalue weighted by molar-refractivity contribution is 5.94. The third-order valence-electron chi connectivity index (χ3n) is 4.61. The van der Waals surface area contributed by atoms with Gasteiger partial charge in [0.1, 0.15) is 0 Å². The molecular formula is C20H19F3N2O. The first-order valence-electron chi connectivity index (χ1n) is 8.40. The molecule has 3 rings (SSSR count). The van der Waals surface area contributed by atoms with E-state index in [1.165, 1.54) is 5.57 Å². The van der Waals surface area contributed by atoms with Gasteiger partial charge in [-0.15, -0.1) is 0 Å². The number of anilines is 1. The second kappa shape index (κ2) is 7.74. The quantitative estimate of drug-likeness (QED) is 0.828. The lowest BCUT2D eigenvalue weighted by molar-refractivity contribution is -0.120. The van der Waals surface area contributed by atoms with E-state index in [9.17, 15) is 18.0 Å². The smallest absolute Gasteiger partial charge is 0.241 e. The van der Waals surface area contributed by atoms with Crippen molar-refractivity contribution in [3.05, 3.63) is 71.6 Å². The summed E-state index contributed by atoms with van der Waals surface area (Å²) in [7, 11) is 0. The summed E-state index contributed by atoms with van der Waals surface area (Å²) in [6, 6.07) is 11.3. The van der Waals surface area contributed by atoms with Gasteiger partial charge in [0.25, 0.3) is 0 Å². The Morgan fingerprint density at radius 1 is 1.08 bits per heavy atom. The fourth-order valence-electron chi connectivity index (χ4n) is 2.98. The van der Waals surface area contributed by atoms with Crippen molar-refractivity contribution >= 4 is 17.2 Å². The molecule has 0 radical (unpaired) electrons. The lowest BCUT2D eigenvalue weighted by Crippen LogP contribution is -2.44. The van der Waals surface area contributed by atoms with Crippen molar-refractivity contribution in [1.29, 1.82) is 0 Å². The minimum Gasteiger partial charge on any atom is -0.322 e. The molecule has 0 aromatic heterocycles. The highest BCUT2D eigenvalue weighted by Crippen LogP contribution is 2.24. The summed E-state index contributed by atoms with van der Waals surface area (Å²) in [6.07, 6.45) is 2.86. The van der Waals surface area contributed by atoms with Crippen LogP contribution in [0.25, 0.3) is 5.57 Å². The van der Waals surface area contributed by atoms with Crippen LogP contribution in [0.5, 0.6) is 0 Å². The zero-order valence-corrected chi connectivity index (χ0v) is 14.3. The summed E-state index contributed by atoms with van der Waals surface area (Å²) >= 11 is 0. The highest BCUT2D eigenvalue weighted by atomic mass is 19.2. The van der Waals surface area contributed by atoms with Crippen LogP contribution in [0.4, 0.5) is 18.9 Å². The Balaban J connectivity index is 1.65. The molecule has 1 amide bonds. The summed E-state index contributed by atoms with van der Waals surface area (Å²) in [6.45, 7) is 2.96. The molecule has 0 fully saturated rings. The number of nitrogens with zero attached hydrogens (tertiary/aromatic N) is 1. The molecule has 26 heavy (non-hydrogen) atoms. The second-order valence-corrected chi connectivity index (χ2v) is 6.23. The standard InChI is InChI=1S/C20H19F3N2O/c1-13(20(26)24-17-8-7-16(21)18(22)19(17)23)25-11-9-15(10-12-25)14-5-3-2-4-6-14/h2-9,13H,10-12H2,1H3,(H,24,26)/t13-/m0/s1. The number of carbonyl (C=O) groups excluding carboxylic acids is 1. The Hall–Kier alpha value is -2.60. The molecule has 0 unspecified atom stereocenters. The molecule has 3 nitrogen and oxygen atoms in total. The van der Waals surface area contributed by atoms with Crippen LogP contribution in [0.15, 0.2) is 48.5 Å². The molecule has 2 aromatic rings. The molecule has 1 heterocycles. The van der Waals surface area contributed by atoms with Crippen molar-refractivity contribution in [3.8, 4) is 0 Å². The summed E-state index contributed by atoms with van der Waals surface area (Å²) in [5.41, 5.74) is 2.02. The summed E-state index contributed by atoms with van der Waals surface area (Å²) < 4.78 is 40.0. The van der Waals surface area contributed by atoms with Crippen LogP contribution in [0.1, 0.15) is 18.9 Å². The average molecular weight is 360 g/mol. The fraction of sp³-hybridized carbons (Fsp3) is 0.250. The lowest BCUT2D eigenvalue weighted by Gasteiger charge is -2.31. The molecule has 1 aliphatic heterocycles. The van der Waals surface area contributed by atoms with Crippen molar-refractivity contribution in [2.24, 2.45) is 0 Å². The minimum atomic E-state index is -1.59. The monoisotopic (exact) mass is 360 g/mol. The van der Waals surface area contributed by atoms with Gasteiger partial charge in [-0.1, -0.05) is 36.4 Å². The molecule has 0 spiro atoms. The van der Waals surface area contributed by atoms with Crippen LogP contribution in [0.2, 0.25) is 0 Å². The predicted molar refractivity (Wildman–Crippen MR) is 95.0 cm³/mol. The number of hydrogen-bond donors (Lipinski definition) is 1. The maximum atomic E-state index is 13.7. The topological polar surface area (TPSA) is 32.3 Å². The molecule has 0 saturated heterocycles. The van der Waals surface area contributed by atoms with Gasteiger partial charge in [0.15, 0.2) is 17.5 Å². The van der Waals surface area contributed by atoms with E-state index in [0.29, 0.717) is 13.1 Å². The van der Waals surface area contributed by atoms with Gasteiger partial charge in [-0.2, -0.15) is 0 Å². The van der Waals surface area contributed by atoms with E-state index >= 15 is 0 Å². The summed E-state index contributed by atoms with van der Waals surface area (Å²) in [5, 5.41) is 2.34. The number of halogens is 3. The largest absolute Gasteiger partial charge is 0.322 e. The number of amides is 1. The third kappa shape index (κ3) is 3.80.